The summed E-state index contributed by atoms with van der Waals surface area (Å²) in [7, 11) is 0. The minimum absolute atomic E-state index is 0.176. The molecular weight excluding hydrogens is 281 g/mol. The van der Waals surface area contributed by atoms with E-state index in [1.54, 1.807) is 10.9 Å². The van der Waals surface area contributed by atoms with Crippen LogP contribution in [0, 0.1) is 5.92 Å². The molecule has 2 rings (SSSR count). The highest BCUT2D eigenvalue weighted by molar-refractivity contribution is 4.96. The van der Waals surface area contributed by atoms with Gasteiger partial charge in [-0.1, -0.05) is 18.1 Å². The number of rotatable bonds is 3. The Hall–Kier alpha value is -1.11. The molecule has 1 fully saturated rings. The molecule has 1 heterocycles. The molecule has 1 N–H and O–H groups in total. The summed E-state index contributed by atoms with van der Waals surface area (Å²) in [6, 6.07) is -0.515. The van der Waals surface area contributed by atoms with E-state index in [0.717, 1.165) is 6.42 Å². The van der Waals surface area contributed by atoms with Crippen molar-refractivity contribution in [2.75, 3.05) is 0 Å². The molecule has 1 aliphatic carbocycles. The van der Waals surface area contributed by atoms with Crippen LogP contribution in [-0.2, 0) is 12.1 Å². The highest BCUT2D eigenvalue weighted by Gasteiger charge is 2.45. The van der Waals surface area contributed by atoms with Crippen molar-refractivity contribution in [3.05, 3.63) is 11.9 Å². The van der Waals surface area contributed by atoms with Crippen LogP contribution in [-0.4, -0.2) is 27.2 Å². The quantitative estimate of drug-likeness (QED) is 0.932. The van der Waals surface area contributed by atoms with Gasteiger partial charge < -0.3 is 5.32 Å². The average Bonchev–Trinajstić information content (AvgIpc) is 2.84. The number of alkyl halides is 3. The van der Waals surface area contributed by atoms with E-state index in [1.807, 2.05) is 20.8 Å². The Balaban J connectivity index is 1.96. The molecule has 120 valence electrons. The molecule has 2 atom stereocenters. The van der Waals surface area contributed by atoms with E-state index in [4.69, 9.17) is 0 Å². The number of nitrogens with zero attached hydrogens (tertiary/aromatic N) is 3. The number of hydrogen-bond acceptors (Lipinski definition) is 3. The van der Waals surface area contributed by atoms with Crippen molar-refractivity contribution < 1.29 is 13.2 Å². The molecule has 0 bridgehead atoms. The summed E-state index contributed by atoms with van der Waals surface area (Å²) in [6.45, 7) is 6.33. The first-order valence-corrected chi connectivity index (χ1v) is 7.40. The van der Waals surface area contributed by atoms with Crippen molar-refractivity contribution in [1.29, 1.82) is 0 Å². The van der Waals surface area contributed by atoms with E-state index in [-0.39, 0.29) is 12.0 Å². The lowest BCUT2D eigenvalue weighted by Crippen LogP contribution is -2.45. The third-order valence-corrected chi connectivity index (χ3v) is 3.96. The Bertz CT molecular complexity index is 462. The van der Waals surface area contributed by atoms with Gasteiger partial charge in [0.05, 0.1) is 23.3 Å². The van der Waals surface area contributed by atoms with Gasteiger partial charge in [0.1, 0.15) is 0 Å². The molecule has 0 spiro atoms. The lowest BCUT2D eigenvalue weighted by molar-refractivity contribution is -0.189. The van der Waals surface area contributed by atoms with Crippen molar-refractivity contribution in [3.8, 4) is 0 Å². The standard InChI is InChI=1S/C14H23F3N4/c1-13(2,3)21-9-10(19-20-21)8-18-12-7-5-4-6-11(12)14(15,16)17/h9,11-12,18H,4-8H2,1-3H3. The maximum absolute atomic E-state index is 13.0. The van der Waals surface area contributed by atoms with Crippen molar-refractivity contribution >= 4 is 0 Å². The first-order valence-electron chi connectivity index (χ1n) is 7.40. The number of aromatic nitrogens is 3. The Morgan fingerprint density at radius 1 is 1.24 bits per heavy atom. The minimum Gasteiger partial charge on any atom is -0.308 e. The van der Waals surface area contributed by atoms with Crippen molar-refractivity contribution in [1.82, 2.24) is 20.3 Å². The van der Waals surface area contributed by atoms with Crippen LogP contribution in [0.1, 0.15) is 52.1 Å². The summed E-state index contributed by atoms with van der Waals surface area (Å²) in [6.07, 6.45) is -0.0472. The van der Waals surface area contributed by atoms with Gasteiger partial charge in [-0.2, -0.15) is 13.2 Å². The molecule has 1 aromatic rings. The number of hydrogen-bond donors (Lipinski definition) is 1. The van der Waals surface area contributed by atoms with Crippen LogP contribution in [0.15, 0.2) is 6.20 Å². The minimum atomic E-state index is -4.12. The lowest BCUT2D eigenvalue weighted by atomic mass is 9.84. The molecule has 21 heavy (non-hydrogen) atoms. The third kappa shape index (κ3) is 4.18. The molecule has 0 aromatic carbocycles. The second-order valence-corrected chi connectivity index (χ2v) is 6.75. The van der Waals surface area contributed by atoms with E-state index in [1.165, 1.54) is 0 Å². The predicted molar refractivity (Wildman–Crippen MR) is 73.7 cm³/mol. The molecule has 0 radical (unpaired) electrons. The zero-order valence-corrected chi connectivity index (χ0v) is 12.7. The zero-order valence-electron chi connectivity index (χ0n) is 12.7. The van der Waals surface area contributed by atoms with Gasteiger partial charge >= 0.3 is 6.18 Å². The Kier molecular flexibility index (Phi) is 4.60. The van der Waals surface area contributed by atoms with E-state index < -0.39 is 18.1 Å². The van der Waals surface area contributed by atoms with Gasteiger partial charge in [0.25, 0.3) is 0 Å². The predicted octanol–water partition coefficient (Wildman–Crippen LogP) is 3.24. The zero-order chi connectivity index (χ0) is 15.7. The highest BCUT2D eigenvalue weighted by atomic mass is 19.4. The Morgan fingerprint density at radius 2 is 1.90 bits per heavy atom. The molecule has 1 saturated carbocycles. The van der Waals surface area contributed by atoms with Crippen LogP contribution < -0.4 is 5.32 Å². The van der Waals surface area contributed by atoms with Crippen LogP contribution in [0.3, 0.4) is 0 Å². The van der Waals surface area contributed by atoms with Gasteiger partial charge in [-0.25, -0.2) is 4.68 Å². The first-order chi connectivity index (χ1) is 9.68. The normalized spacial score (nSPS) is 24.3. The van der Waals surface area contributed by atoms with Crippen LogP contribution in [0.25, 0.3) is 0 Å². The number of nitrogens with one attached hydrogen (secondary N) is 1. The second-order valence-electron chi connectivity index (χ2n) is 6.75. The summed E-state index contributed by atoms with van der Waals surface area (Å²) in [5.74, 6) is -1.25. The molecule has 0 saturated heterocycles. The van der Waals surface area contributed by atoms with Gasteiger partial charge in [0.2, 0.25) is 0 Å². The Labute approximate surface area is 123 Å². The van der Waals surface area contributed by atoms with Crippen LogP contribution in [0.2, 0.25) is 0 Å². The molecule has 1 aromatic heterocycles. The molecule has 1 aliphatic rings. The van der Waals surface area contributed by atoms with E-state index >= 15 is 0 Å². The highest BCUT2D eigenvalue weighted by Crippen LogP contribution is 2.37. The molecule has 2 unspecified atom stereocenters. The molecular formula is C14H23F3N4. The van der Waals surface area contributed by atoms with E-state index in [2.05, 4.69) is 15.6 Å². The summed E-state index contributed by atoms with van der Waals surface area (Å²) in [5, 5.41) is 11.1. The maximum atomic E-state index is 13.0. The van der Waals surface area contributed by atoms with Gasteiger partial charge in [-0.15, -0.1) is 5.10 Å². The van der Waals surface area contributed by atoms with E-state index in [0.29, 0.717) is 25.1 Å². The first kappa shape index (κ1) is 16.3. The van der Waals surface area contributed by atoms with Crippen LogP contribution in [0.5, 0.6) is 0 Å². The SMILES string of the molecule is CC(C)(C)n1cc(CNC2CCCCC2C(F)(F)F)nn1. The maximum Gasteiger partial charge on any atom is 0.393 e. The van der Waals surface area contributed by atoms with Gasteiger partial charge in [-0.3, -0.25) is 0 Å². The smallest absolute Gasteiger partial charge is 0.308 e. The molecule has 0 aliphatic heterocycles. The fourth-order valence-electron chi connectivity index (χ4n) is 2.71. The number of halogens is 3. The summed E-state index contributed by atoms with van der Waals surface area (Å²) in [5.41, 5.74) is 0.501. The average molecular weight is 304 g/mol. The topological polar surface area (TPSA) is 42.7 Å². The van der Waals surface area contributed by atoms with Crippen molar-refractivity contribution in [3.63, 3.8) is 0 Å². The monoisotopic (exact) mass is 304 g/mol. The largest absolute Gasteiger partial charge is 0.393 e. The van der Waals surface area contributed by atoms with Gasteiger partial charge in [0, 0.05) is 12.6 Å². The molecule has 7 heteroatoms. The fourth-order valence-corrected chi connectivity index (χ4v) is 2.71. The lowest BCUT2D eigenvalue weighted by Gasteiger charge is -2.33. The molecule has 4 nitrogen and oxygen atoms in total. The fraction of sp³-hybridized carbons (Fsp3) is 0.857. The van der Waals surface area contributed by atoms with E-state index in [9.17, 15) is 13.2 Å². The molecule has 0 amide bonds. The van der Waals surface area contributed by atoms with Crippen molar-refractivity contribution in [2.24, 2.45) is 5.92 Å². The Morgan fingerprint density at radius 3 is 2.48 bits per heavy atom. The van der Waals surface area contributed by atoms with Gasteiger partial charge in [-0.05, 0) is 33.6 Å². The summed E-state index contributed by atoms with van der Waals surface area (Å²) < 4.78 is 40.7. The van der Waals surface area contributed by atoms with Gasteiger partial charge in [0.15, 0.2) is 0 Å². The van der Waals surface area contributed by atoms with Crippen LogP contribution >= 0.6 is 0 Å². The van der Waals surface area contributed by atoms with Crippen molar-refractivity contribution in [2.45, 2.75) is 70.8 Å². The van der Waals surface area contributed by atoms with Crippen LogP contribution in [0.4, 0.5) is 13.2 Å². The third-order valence-electron chi connectivity index (χ3n) is 3.96. The second kappa shape index (κ2) is 5.94. The summed E-state index contributed by atoms with van der Waals surface area (Å²) >= 11 is 0. The summed E-state index contributed by atoms with van der Waals surface area (Å²) in [4.78, 5) is 0.